The van der Waals surface area contributed by atoms with Gasteiger partial charge in [-0.25, -0.2) is 9.97 Å². The number of thioether (sulfide) groups is 1. The number of nitrogens with zero attached hydrogens (tertiary/aromatic N) is 3. The highest BCUT2D eigenvalue weighted by Gasteiger charge is 2.08. The van der Waals surface area contributed by atoms with E-state index in [2.05, 4.69) is 20.3 Å². The first-order valence-electron chi connectivity index (χ1n) is 7.37. The molecule has 0 bridgehead atoms. The van der Waals surface area contributed by atoms with Crippen LogP contribution in [0.4, 0.5) is 0 Å². The molecule has 116 valence electrons. The normalized spacial score (nSPS) is 10.6. The van der Waals surface area contributed by atoms with Crippen molar-refractivity contribution in [3.8, 4) is 0 Å². The molecule has 3 aromatic rings. The smallest absolute Gasteiger partial charge is 0.271 e. The summed E-state index contributed by atoms with van der Waals surface area (Å²) in [5.74, 6) is 0.715. The number of hydrogen-bond donors (Lipinski definition) is 1. The van der Waals surface area contributed by atoms with Crippen LogP contribution in [0.5, 0.6) is 0 Å². The van der Waals surface area contributed by atoms with Crippen molar-refractivity contribution in [2.24, 2.45) is 0 Å². The highest BCUT2D eigenvalue weighted by molar-refractivity contribution is 7.99. The van der Waals surface area contributed by atoms with Gasteiger partial charge >= 0.3 is 0 Å². The van der Waals surface area contributed by atoms with E-state index >= 15 is 0 Å². The topological polar surface area (TPSA) is 67.8 Å². The van der Waals surface area contributed by atoms with E-state index in [-0.39, 0.29) is 5.91 Å². The molecule has 0 spiro atoms. The van der Waals surface area contributed by atoms with Gasteiger partial charge in [0.05, 0.1) is 22.3 Å². The summed E-state index contributed by atoms with van der Waals surface area (Å²) in [7, 11) is 0. The van der Waals surface area contributed by atoms with Crippen molar-refractivity contribution in [1.82, 2.24) is 20.3 Å². The van der Waals surface area contributed by atoms with E-state index in [0.29, 0.717) is 12.2 Å². The second kappa shape index (κ2) is 7.69. The Labute approximate surface area is 138 Å². The Bertz CT molecular complexity index is 795. The first-order valence-corrected chi connectivity index (χ1v) is 8.35. The van der Waals surface area contributed by atoms with E-state index in [9.17, 15) is 4.79 Å². The fraction of sp³-hybridized carbons (Fsp3) is 0.176. The average molecular weight is 324 g/mol. The Kier molecular flexibility index (Phi) is 5.16. The van der Waals surface area contributed by atoms with Crippen LogP contribution in [-0.4, -0.2) is 33.2 Å². The first kappa shape index (κ1) is 15.4. The van der Waals surface area contributed by atoms with Crippen molar-refractivity contribution in [1.29, 1.82) is 0 Å². The molecule has 1 aromatic carbocycles. The lowest BCUT2D eigenvalue weighted by atomic mass is 10.3. The molecule has 5 nitrogen and oxygen atoms in total. The van der Waals surface area contributed by atoms with Gasteiger partial charge in [-0.05, 0) is 30.7 Å². The average Bonchev–Trinajstić information content (AvgIpc) is 2.61. The van der Waals surface area contributed by atoms with Crippen molar-refractivity contribution in [3.63, 3.8) is 0 Å². The number of rotatable bonds is 6. The number of para-hydroxylation sites is 2. The maximum Gasteiger partial charge on any atom is 0.271 e. The Morgan fingerprint density at radius 3 is 2.70 bits per heavy atom. The Morgan fingerprint density at radius 1 is 1.04 bits per heavy atom. The van der Waals surface area contributed by atoms with Crippen LogP contribution in [0, 0.1) is 0 Å². The van der Waals surface area contributed by atoms with Gasteiger partial charge in [-0.3, -0.25) is 9.78 Å². The number of amides is 1. The molecule has 3 rings (SSSR count). The van der Waals surface area contributed by atoms with E-state index < -0.39 is 0 Å². The summed E-state index contributed by atoms with van der Waals surface area (Å²) < 4.78 is 0. The van der Waals surface area contributed by atoms with Crippen LogP contribution in [0.25, 0.3) is 11.0 Å². The standard InChI is InChI=1S/C17H16N4OS/c22-17(15-12-20-13-6-1-2-7-14(13)21-15)19-10-5-11-23-16-8-3-4-9-18-16/h1-4,6-9,12H,5,10-11H2,(H,19,22). The Morgan fingerprint density at radius 2 is 1.87 bits per heavy atom. The molecule has 0 radical (unpaired) electrons. The third-order valence-corrected chi connectivity index (χ3v) is 4.21. The largest absolute Gasteiger partial charge is 0.351 e. The molecule has 23 heavy (non-hydrogen) atoms. The highest BCUT2D eigenvalue weighted by atomic mass is 32.2. The van der Waals surface area contributed by atoms with Crippen LogP contribution < -0.4 is 5.32 Å². The van der Waals surface area contributed by atoms with Crippen molar-refractivity contribution in [2.75, 3.05) is 12.3 Å². The second-order valence-corrected chi connectivity index (χ2v) is 5.99. The number of hydrogen-bond acceptors (Lipinski definition) is 5. The molecular formula is C17H16N4OS. The fourth-order valence-electron chi connectivity index (χ4n) is 2.04. The Hall–Kier alpha value is -2.47. The maximum atomic E-state index is 12.1. The monoisotopic (exact) mass is 324 g/mol. The van der Waals surface area contributed by atoms with Gasteiger partial charge in [-0.15, -0.1) is 11.8 Å². The van der Waals surface area contributed by atoms with E-state index in [1.54, 1.807) is 18.0 Å². The third kappa shape index (κ3) is 4.26. The molecular weight excluding hydrogens is 308 g/mol. The summed E-state index contributed by atoms with van der Waals surface area (Å²) in [5, 5.41) is 3.87. The van der Waals surface area contributed by atoms with Crippen molar-refractivity contribution in [2.45, 2.75) is 11.4 Å². The molecule has 1 N–H and O–H groups in total. The second-order valence-electron chi connectivity index (χ2n) is 4.87. The molecule has 2 aromatic heterocycles. The predicted molar refractivity (Wildman–Crippen MR) is 91.4 cm³/mol. The summed E-state index contributed by atoms with van der Waals surface area (Å²) in [6.45, 7) is 0.604. The highest BCUT2D eigenvalue weighted by Crippen LogP contribution is 2.14. The number of aromatic nitrogens is 3. The van der Waals surface area contributed by atoms with E-state index in [1.165, 1.54) is 6.20 Å². The summed E-state index contributed by atoms with van der Waals surface area (Å²) in [6.07, 6.45) is 4.16. The molecule has 0 unspecified atom stereocenters. The van der Waals surface area contributed by atoms with Gasteiger partial charge in [-0.2, -0.15) is 0 Å². The number of carbonyl (C=O) groups is 1. The number of nitrogens with one attached hydrogen (secondary N) is 1. The SMILES string of the molecule is O=C(NCCCSc1ccccn1)c1cnc2ccccc2n1. The zero-order valence-corrected chi connectivity index (χ0v) is 13.3. The van der Waals surface area contributed by atoms with Gasteiger partial charge < -0.3 is 5.32 Å². The van der Waals surface area contributed by atoms with Crippen LogP contribution in [0.2, 0.25) is 0 Å². The van der Waals surface area contributed by atoms with E-state index in [4.69, 9.17) is 0 Å². The number of fused-ring (bicyclic) bond motifs is 1. The molecule has 0 saturated heterocycles. The molecule has 2 heterocycles. The lowest BCUT2D eigenvalue weighted by Crippen LogP contribution is -2.25. The molecule has 0 atom stereocenters. The van der Waals surface area contributed by atoms with Crippen molar-refractivity contribution in [3.05, 3.63) is 60.6 Å². The molecule has 0 saturated carbocycles. The third-order valence-electron chi connectivity index (χ3n) is 3.18. The van der Waals surface area contributed by atoms with Crippen LogP contribution in [0.1, 0.15) is 16.9 Å². The number of benzene rings is 1. The minimum absolute atomic E-state index is 0.189. The quantitative estimate of drug-likeness (QED) is 0.558. The van der Waals surface area contributed by atoms with Gasteiger partial charge in [0.15, 0.2) is 0 Å². The zero-order valence-electron chi connectivity index (χ0n) is 12.5. The van der Waals surface area contributed by atoms with Crippen molar-refractivity contribution < 1.29 is 4.79 Å². The Balaban J connectivity index is 1.47. The minimum atomic E-state index is -0.189. The minimum Gasteiger partial charge on any atom is -0.351 e. The first-order chi connectivity index (χ1) is 11.3. The summed E-state index contributed by atoms with van der Waals surface area (Å²) in [4.78, 5) is 24.9. The zero-order chi connectivity index (χ0) is 15.9. The number of carbonyl (C=O) groups excluding carboxylic acids is 1. The fourth-order valence-corrected chi connectivity index (χ4v) is 2.85. The van der Waals surface area contributed by atoms with Crippen molar-refractivity contribution >= 4 is 28.7 Å². The lowest BCUT2D eigenvalue weighted by molar-refractivity contribution is 0.0949. The van der Waals surface area contributed by atoms with Crippen LogP contribution >= 0.6 is 11.8 Å². The molecule has 0 aliphatic heterocycles. The molecule has 0 aliphatic carbocycles. The molecule has 0 aliphatic rings. The summed E-state index contributed by atoms with van der Waals surface area (Å²) >= 11 is 1.68. The van der Waals surface area contributed by atoms with Gasteiger partial charge in [0, 0.05) is 18.5 Å². The number of pyridine rings is 1. The van der Waals surface area contributed by atoms with Gasteiger partial charge in [-0.1, -0.05) is 18.2 Å². The van der Waals surface area contributed by atoms with Gasteiger partial charge in [0.25, 0.3) is 5.91 Å². The molecule has 1 amide bonds. The van der Waals surface area contributed by atoms with E-state index in [1.807, 2.05) is 42.5 Å². The molecule has 6 heteroatoms. The van der Waals surface area contributed by atoms with Crippen LogP contribution in [0.15, 0.2) is 59.9 Å². The van der Waals surface area contributed by atoms with Crippen LogP contribution in [0.3, 0.4) is 0 Å². The predicted octanol–water partition coefficient (Wildman–Crippen LogP) is 2.94. The maximum absolute atomic E-state index is 12.1. The van der Waals surface area contributed by atoms with Crippen LogP contribution in [-0.2, 0) is 0 Å². The lowest BCUT2D eigenvalue weighted by Gasteiger charge is -2.05. The van der Waals surface area contributed by atoms with E-state index in [0.717, 1.165) is 28.2 Å². The van der Waals surface area contributed by atoms with Gasteiger partial charge in [0.1, 0.15) is 5.69 Å². The summed E-state index contributed by atoms with van der Waals surface area (Å²) in [6, 6.07) is 13.4. The molecule has 0 fully saturated rings. The van der Waals surface area contributed by atoms with Gasteiger partial charge in [0.2, 0.25) is 0 Å². The summed E-state index contributed by atoms with van der Waals surface area (Å²) in [5.41, 5.74) is 1.86.